The highest BCUT2D eigenvalue weighted by Crippen LogP contribution is 2.41. The normalized spacial score (nSPS) is 12.0. The number of nitrogens with zero attached hydrogens (tertiary/aromatic N) is 2. The van der Waals surface area contributed by atoms with Crippen molar-refractivity contribution < 1.29 is 32.9 Å². The van der Waals surface area contributed by atoms with Crippen molar-refractivity contribution >= 4 is 0 Å². The van der Waals surface area contributed by atoms with Gasteiger partial charge in [0.1, 0.15) is 5.75 Å². The van der Waals surface area contributed by atoms with E-state index in [-0.39, 0.29) is 13.4 Å². The van der Waals surface area contributed by atoms with Crippen LogP contribution in [0.4, 0.5) is 0 Å². The Morgan fingerprint density at radius 3 is 2.39 bits per heavy atom. The Morgan fingerprint density at radius 1 is 0.929 bits per heavy atom. The smallest absolute Gasteiger partial charge is 0.264 e. The zero-order valence-corrected chi connectivity index (χ0v) is 15.6. The Labute approximate surface area is 160 Å². The van der Waals surface area contributed by atoms with Crippen molar-refractivity contribution in [3.05, 3.63) is 36.2 Å². The topological polar surface area (TPSA) is 94.3 Å². The second-order valence-electron chi connectivity index (χ2n) is 5.73. The lowest BCUT2D eigenvalue weighted by atomic mass is 10.2. The summed E-state index contributed by atoms with van der Waals surface area (Å²) in [6.45, 7) is 0.287. The molecule has 1 aliphatic heterocycles. The lowest BCUT2D eigenvalue weighted by Crippen LogP contribution is -1.99. The third-order valence-electron chi connectivity index (χ3n) is 4.10. The molecule has 0 fully saturated rings. The first kappa shape index (κ1) is 17.8. The van der Waals surface area contributed by atoms with Crippen LogP contribution in [0.5, 0.6) is 34.5 Å². The van der Waals surface area contributed by atoms with Crippen LogP contribution in [0.3, 0.4) is 0 Å². The molecule has 0 atom stereocenters. The lowest BCUT2D eigenvalue weighted by molar-refractivity contribution is 0.174. The van der Waals surface area contributed by atoms with Crippen LogP contribution >= 0.6 is 0 Å². The van der Waals surface area contributed by atoms with Gasteiger partial charge in [0.05, 0.1) is 21.3 Å². The van der Waals surface area contributed by atoms with Gasteiger partial charge in [-0.3, -0.25) is 0 Å². The second-order valence-corrected chi connectivity index (χ2v) is 5.73. The number of aromatic nitrogens is 2. The van der Waals surface area contributed by atoms with Crippen molar-refractivity contribution in [2.24, 2.45) is 0 Å². The predicted molar refractivity (Wildman–Crippen MR) is 96.3 cm³/mol. The molecule has 0 amide bonds. The van der Waals surface area contributed by atoms with E-state index in [1.165, 1.54) is 21.3 Å². The number of hydrogen-bond acceptors (Lipinski definition) is 9. The Morgan fingerprint density at radius 2 is 1.68 bits per heavy atom. The molecular weight excluding hydrogens is 368 g/mol. The molecule has 0 spiro atoms. The van der Waals surface area contributed by atoms with Gasteiger partial charge in [-0.05, 0) is 18.2 Å². The van der Waals surface area contributed by atoms with Crippen LogP contribution in [0.1, 0.15) is 5.89 Å². The maximum atomic E-state index is 5.74. The van der Waals surface area contributed by atoms with Crippen molar-refractivity contribution in [3.63, 3.8) is 0 Å². The van der Waals surface area contributed by atoms with Gasteiger partial charge in [-0.25, -0.2) is 0 Å². The number of rotatable bonds is 7. The predicted octanol–water partition coefficient (Wildman–Crippen LogP) is 3.07. The number of ether oxygens (including phenoxy) is 6. The minimum Gasteiger partial charge on any atom is -0.493 e. The molecule has 3 aromatic rings. The molecule has 2 aromatic carbocycles. The van der Waals surface area contributed by atoms with Crippen LogP contribution in [0, 0.1) is 0 Å². The number of benzene rings is 2. The molecule has 2 heterocycles. The summed E-state index contributed by atoms with van der Waals surface area (Å²) in [6.07, 6.45) is 0. The van der Waals surface area contributed by atoms with Gasteiger partial charge < -0.3 is 32.9 Å². The van der Waals surface area contributed by atoms with Crippen LogP contribution in [0.2, 0.25) is 0 Å². The molecule has 0 unspecified atom stereocenters. The molecule has 0 bridgehead atoms. The van der Waals surface area contributed by atoms with Crippen LogP contribution in [0.25, 0.3) is 11.4 Å². The first-order valence-corrected chi connectivity index (χ1v) is 8.37. The molecule has 0 N–H and O–H groups in total. The Bertz CT molecular complexity index is 961. The van der Waals surface area contributed by atoms with E-state index in [4.69, 9.17) is 32.9 Å². The zero-order chi connectivity index (χ0) is 19.5. The second kappa shape index (κ2) is 7.55. The summed E-state index contributed by atoms with van der Waals surface area (Å²) in [4.78, 5) is 4.35. The molecule has 0 radical (unpaired) electrons. The van der Waals surface area contributed by atoms with E-state index in [1.54, 1.807) is 24.3 Å². The van der Waals surface area contributed by atoms with Crippen molar-refractivity contribution in [1.82, 2.24) is 10.1 Å². The van der Waals surface area contributed by atoms with Crippen molar-refractivity contribution in [1.29, 1.82) is 0 Å². The molecule has 1 aromatic heterocycles. The number of hydrogen-bond donors (Lipinski definition) is 0. The fourth-order valence-electron chi connectivity index (χ4n) is 2.75. The van der Waals surface area contributed by atoms with E-state index in [2.05, 4.69) is 10.1 Å². The van der Waals surface area contributed by atoms with Gasteiger partial charge in [0, 0.05) is 17.7 Å². The van der Waals surface area contributed by atoms with Crippen molar-refractivity contribution in [3.8, 4) is 45.9 Å². The van der Waals surface area contributed by atoms with E-state index in [0.717, 1.165) is 5.56 Å². The molecular formula is C19H18N2O7. The summed E-state index contributed by atoms with van der Waals surface area (Å²) < 4.78 is 37.6. The van der Waals surface area contributed by atoms with Gasteiger partial charge in [0.2, 0.25) is 18.4 Å². The molecule has 0 saturated carbocycles. The first-order chi connectivity index (χ1) is 13.7. The van der Waals surface area contributed by atoms with E-state index >= 15 is 0 Å². The lowest BCUT2D eigenvalue weighted by Gasteiger charge is -2.14. The molecule has 4 rings (SSSR count). The standard InChI is InChI=1S/C19H18N2O7/c1-22-15-7-12(8-16(23-2)18(15)24-3)25-9-17-20-19(21-28-17)11-4-5-13-14(6-11)27-10-26-13/h4-8H,9-10H2,1-3H3. The number of fused-ring (bicyclic) bond motifs is 1. The highest BCUT2D eigenvalue weighted by Gasteiger charge is 2.18. The summed E-state index contributed by atoms with van der Waals surface area (Å²) >= 11 is 0. The SMILES string of the molecule is COc1cc(OCc2nc(-c3ccc4c(c3)OCO4)no2)cc(OC)c1OC. The van der Waals surface area contributed by atoms with Crippen LogP contribution < -0.4 is 28.4 Å². The maximum Gasteiger partial charge on any atom is 0.264 e. The summed E-state index contributed by atoms with van der Waals surface area (Å²) in [5.74, 6) is 4.07. The molecule has 9 nitrogen and oxygen atoms in total. The van der Waals surface area contributed by atoms with E-state index in [1.807, 2.05) is 6.07 Å². The van der Waals surface area contributed by atoms with Crippen LogP contribution in [-0.4, -0.2) is 38.3 Å². The molecule has 0 saturated heterocycles. The van der Waals surface area contributed by atoms with Gasteiger partial charge in [-0.2, -0.15) is 4.98 Å². The van der Waals surface area contributed by atoms with E-state index < -0.39 is 0 Å². The summed E-state index contributed by atoms with van der Waals surface area (Å²) in [5.41, 5.74) is 0.757. The molecule has 9 heteroatoms. The maximum absolute atomic E-state index is 5.74. The summed E-state index contributed by atoms with van der Waals surface area (Å²) in [7, 11) is 4.62. The fraction of sp³-hybridized carbons (Fsp3) is 0.263. The summed E-state index contributed by atoms with van der Waals surface area (Å²) in [6, 6.07) is 8.83. The van der Waals surface area contributed by atoms with Gasteiger partial charge in [-0.1, -0.05) is 5.16 Å². The highest BCUT2D eigenvalue weighted by molar-refractivity contribution is 5.61. The van der Waals surface area contributed by atoms with Gasteiger partial charge in [0.25, 0.3) is 5.89 Å². The Kier molecular flexibility index (Phi) is 4.79. The molecule has 146 valence electrons. The first-order valence-electron chi connectivity index (χ1n) is 8.37. The average Bonchev–Trinajstić information content (AvgIpc) is 3.40. The van der Waals surface area contributed by atoms with Gasteiger partial charge >= 0.3 is 0 Å². The van der Waals surface area contributed by atoms with Crippen molar-refractivity contribution in [2.75, 3.05) is 28.1 Å². The number of methoxy groups -OCH3 is 3. The Hall–Kier alpha value is -3.62. The van der Waals surface area contributed by atoms with Crippen molar-refractivity contribution in [2.45, 2.75) is 6.61 Å². The van der Waals surface area contributed by atoms with Gasteiger partial charge in [-0.15, -0.1) is 0 Å². The van der Waals surface area contributed by atoms with E-state index in [0.29, 0.717) is 46.2 Å². The average molecular weight is 386 g/mol. The molecule has 28 heavy (non-hydrogen) atoms. The third-order valence-corrected chi connectivity index (χ3v) is 4.10. The minimum atomic E-state index is 0.0796. The van der Waals surface area contributed by atoms with Gasteiger partial charge in [0.15, 0.2) is 29.6 Å². The summed E-state index contributed by atoms with van der Waals surface area (Å²) in [5, 5.41) is 3.99. The highest BCUT2D eigenvalue weighted by atomic mass is 16.7. The third kappa shape index (κ3) is 3.34. The Balaban J connectivity index is 1.49. The molecule has 0 aliphatic carbocycles. The largest absolute Gasteiger partial charge is 0.493 e. The molecule has 1 aliphatic rings. The minimum absolute atomic E-state index is 0.0796. The van der Waals surface area contributed by atoms with Crippen LogP contribution in [-0.2, 0) is 6.61 Å². The zero-order valence-electron chi connectivity index (χ0n) is 15.6. The quantitative estimate of drug-likeness (QED) is 0.607. The van der Waals surface area contributed by atoms with Crippen LogP contribution in [0.15, 0.2) is 34.9 Å². The fourth-order valence-corrected chi connectivity index (χ4v) is 2.75. The van der Waals surface area contributed by atoms with E-state index in [9.17, 15) is 0 Å². The monoisotopic (exact) mass is 386 g/mol.